The van der Waals surface area contributed by atoms with Crippen LogP contribution in [-0.4, -0.2) is 0 Å². The summed E-state index contributed by atoms with van der Waals surface area (Å²) in [4.78, 5) is 0. The second kappa shape index (κ2) is 6.90. The molecule has 0 heterocycles. The maximum atomic E-state index is 2.30. The highest BCUT2D eigenvalue weighted by Gasteiger charge is 1.85. The fourth-order valence-electron chi connectivity index (χ4n) is 1.33. The zero-order chi connectivity index (χ0) is 8.49. The van der Waals surface area contributed by atoms with Crippen LogP contribution in [0, 0.1) is 0 Å². The van der Waals surface area contributed by atoms with Crippen LogP contribution in [0.3, 0.4) is 0 Å². The zero-order valence-electron chi connectivity index (χ0n) is 7.71. The van der Waals surface area contributed by atoms with Crippen LogP contribution < -0.4 is 0 Å². The lowest BCUT2D eigenvalue weighted by molar-refractivity contribution is 0.695. The van der Waals surface area contributed by atoms with Gasteiger partial charge >= 0.3 is 0 Å². The molecule has 0 amide bonds. The van der Waals surface area contributed by atoms with Crippen LogP contribution in [0.1, 0.15) is 38.5 Å². The summed E-state index contributed by atoms with van der Waals surface area (Å²) in [5.41, 5.74) is 0. The first-order chi connectivity index (χ1) is 6.00. The van der Waals surface area contributed by atoms with Crippen LogP contribution in [0.5, 0.6) is 0 Å². The molecule has 0 aromatic carbocycles. The zero-order valence-corrected chi connectivity index (χ0v) is 7.71. The van der Waals surface area contributed by atoms with E-state index in [0.717, 1.165) is 6.42 Å². The van der Waals surface area contributed by atoms with E-state index in [9.17, 15) is 0 Å². The van der Waals surface area contributed by atoms with Gasteiger partial charge in [-0.25, -0.2) is 0 Å². The van der Waals surface area contributed by atoms with Gasteiger partial charge in [-0.3, -0.25) is 0 Å². The molecule has 0 radical (unpaired) electrons. The first-order valence-corrected chi connectivity index (χ1v) is 4.97. The van der Waals surface area contributed by atoms with E-state index in [0.29, 0.717) is 0 Å². The molecule has 12 heavy (non-hydrogen) atoms. The molecule has 1 rings (SSSR count). The van der Waals surface area contributed by atoms with Crippen LogP contribution in [0.2, 0.25) is 0 Å². The average Bonchev–Trinajstić information content (AvgIpc) is 2.05. The van der Waals surface area contributed by atoms with Crippen molar-refractivity contribution in [2.24, 2.45) is 0 Å². The molecule has 0 heteroatoms. The molecular formula is C12H18. The summed E-state index contributed by atoms with van der Waals surface area (Å²) < 4.78 is 0. The molecule has 0 N–H and O–H groups in total. The summed E-state index contributed by atoms with van der Waals surface area (Å²) in [7, 11) is 0. The Kier molecular flexibility index (Phi) is 5.35. The predicted molar refractivity (Wildman–Crippen MR) is 55.1 cm³/mol. The fraction of sp³-hybridized carbons (Fsp3) is 0.500. The Morgan fingerprint density at radius 1 is 0.583 bits per heavy atom. The Morgan fingerprint density at radius 3 is 2.25 bits per heavy atom. The minimum atomic E-state index is 1.09. The van der Waals surface area contributed by atoms with Crippen molar-refractivity contribution in [2.75, 3.05) is 0 Å². The SMILES string of the molecule is C1=CCCCCC/C=C/C/C=C/1. The lowest BCUT2D eigenvalue weighted by Crippen LogP contribution is -1.75. The summed E-state index contributed by atoms with van der Waals surface area (Å²) >= 11 is 0. The van der Waals surface area contributed by atoms with E-state index in [4.69, 9.17) is 0 Å². The molecule has 1 aliphatic rings. The van der Waals surface area contributed by atoms with Crippen molar-refractivity contribution in [3.8, 4) is 0 Å². The van der Waals surface area contributed by atoms with Crippen LogP contribution in [0.25, 0.3) is 0 Å². The van der Waals surface area contributed by atoms with Crippen molar-refractivity contribution < 1.29 is 0 Å². The van der Waals surface area contributed by atoms with E-state index in [2.05, 4.69) is 36.5 Å². The summed E-state index contributed by atoms with van der Waals surface area (Å²) in [6.07, 6.45) is 21.0. The lowest BCUT2D eigenvalue weighted by Gasteiger charge is -1.95. The van der Waals surface area contributed by atoms with Crippen molar-refractivity contribution in [1.82, 2.24) is 0 Å². The molecule has 1 aliphatic carbocycles. The second-order valence-corrected chi connectivity index (χ2v) is 3.20. The third kappa shape index (κ3) is 4.95. The van der Waals surface area contributed by atoms with Gasteiger partial charge in [0.2, 0.25) is 0 Å². The number of rotatable bonds is 0. The van der Waals surface area contributed by atoms with Gasteiger partial charge < -0.3 is 0 Å². The summed E-state index contributed by atoms with van der Waals surface area (Å²) in [6.45, 7) is 0. The van der Waals surface area contributed by atoms with Crippen molar-refractivity contribution in [2.45, 2.75) is 38.5 Å². The second-order valence-electron chi connectivity index (χ2n) is 3.20. The van der Waals surface area contributed by atoms with Gasteiger partial charge in [-0.15, -0.1) is 0 Å². The molecule has 0 aliphatic heterocycles. The maximum absolute atomic E-state index is 2.30. The number of allylic oxidation sites excluding steroid dienone is 6. The standard InChI is InChI=1S/C12H18/c1-2-4-6-8-10-12-11-9-7-5-3-1/h1-4,7,9H,5-6,8,10-12H2/b3-1+,4-2?,9-7+. The van der Waals surface area contributed by atoms with Gasteiger partial charge in [-0.2, -0.15) is 0 Å². The van der Waals surface area contributed by atoms with E-state index >= 15 is 0 Å². The van der Waals surface area contributed by atoms with Crippen molar-refractivity contribution in [3.63, 3.8) is 0 Å². The van der Waals surface area contributed by atoms with Crippen LogP contribution >= 0.6 is 0 Å². The Labute approximate surface area is 75.7 Å². The van der Waals surface area contributed by atoms with Gasteiger partial charge in [0.05, 0.1) is 0 Å². The van der Waals surface area contributed by atoms with E-state index in [1.165, 1.54) is 32.1 Å². The predicted octanol–water partition coefficient (Wildman–Crippen LogP) is 4.01. The molecule has 0 aromatic heterocycles. The average molecular weight is 162 g/mol. The number of hydrogen-bond donors (Lipinski definition) is 0. The third-order valence-corrected chi connectivity index (χ3v) is 2.06. The van der Waals surface area contributed by atoms with Gasteiger partial charge in [0, 0.05) is 0 Å². The van der Waals surface area contributed by atoms with Gasteiger partial charge in [-0.1, -0.05) is 42.9 Å². The van der Waals surface area contributed by atoms with Crippen LogP contribution in [0.15, 0.2) is 36.5 Å². The van der Waals surface area contributed by atoms with Crippen LogP contribution in [-0.2, 0) is 0 Å². The molecule has 0 spiro atoms. The Balaban J connectivity index is 2.31. The van der Waals surface area contributed by atoms with Gasteiger partial charge in [0.15, 0.2) is 0 Å². The summed E-state index contributed by atoms with van der Waals surface area (Å²) in [5.74, 6) is 0. The van der Waals surface area contributed by atoms with E-state index in [1.807, 2.05) is 0 Å². The Morgan fingerprint density at radius 2 is 1.33 bits per heavy atom. The lowest BCUT2D eigenvalue weighted by atomic mass is 10.1. The molecule has 0 bridgehead atoms. The molecule has 0 unspecified atom stereocenters. The van der Waals surface area contributed by atoms with E-state index in [1.54, 1.807) is 0 Å². The minimum Gasteiger partial charge on any atom is -0.0882 e. The maximum Gasteiger partial charge on any atom is -0.0166 e. The highest BCUT2D eigenvalue weighted by atomic mass is 13.9. The molecular weight excluding hydrogens is 144 g/mol. The summed E-state index contributed by atoms with van der Waals surface area (Å²) in [6, 6.07) is 0. The normalized spacial score (nSPS) is 25.3. The van der Waals surface area contributed by atoms with Crippen molar-refractivity contribution >= 4 is 0 Å². The molecule has 0 fully saturated rings. The fourth-order valence-corrected chi connectivity index (χ4v) is 1.33. The molecule has 0 atom stereocenters. The van der Waals surface area contributed by atoms with Gasteiger partial charge in [0.1, 0.15) is 0 Å². The van der Waals surface area contributed by atoms with Crippen molar-refractivity contribution in [1.29, 1.82) is 0 Å². The monoisotopic (exact) mass is 162 g/mol. The first kappa shape index (κ1) is 9.31. The highest BCUT2D eigenvalue weighted by molar-refractivity contribution is 5.05. The molecule has 0 nitrogen and oxygen atoms in total. The van der Waals surface area contributed by atoms with Gasteiger partial charge in [-0.05, 0) is 32.1 Å². The van der Waals surface area contributed by atoms with E-state index < -0.39 is 0 Å². The van der Waals surface area contributed by atoms with E-state index in [-0.39, 0.29) is 0 Å². The largest absolute Gasteiger partial charge is 0.0882 e. The smallest absolute Gasteiger partial charge is 0.0166 e. The molecule has 0 saturated carbocycles. The molecule has 0 saturated heterocycles. The Bertz CT molecular complexity index is 172. The third-order valence-electron chi connectivity index (χ3n) is 2.06. The minimum absolute atomic E-state index is 1.09. The Hall–Kier alpha value is -0.780. The van der Waals surface area contributed by atoms with Crippen LogP contribution in [0.4, 0.5) is 0 Å². The highest BCUT2D eigenvalue weighted by Crippen LogP contribution is 2.05. The molecule has 0 aromatic rings. The van der Waals surface area contributed by atoms with Crippen molar-refractivity contribution in [3.05, 3.63) is 36.5 Å². The molecule has 66 valence electrons. The quantitative estimate of drug-likeness (QED) is 0.472. The first-order valence-electron chi connectivity index (χ1n) is 4.97. The topological polar surface area (TPSA) is 0 Å². The van der Waals surface area contributed by atoms with Gasteiger partial charge in [0.25, 0.3) is 0 Å². The summed E-state index contributed by atoms with van der Waals surface area (Å²) in [5, 5.41) is 0. The number of hydrogen-bond acceptors (Lipinski definition) is 0.